The van der Waals surface area contributed by atoms with Gasteiger partial charge in [-0.2, -0.15) is 0 Å². The van der Waals surface area contributed by atoms with Gasteiger partial charge in [-0.1, -0.05) is 11.2 Å². The number of azide groups is 1. The molecule has 68 valence electrons. The largest absolute Gasteiger partial charge is 0.264 e. The van der Waals surface area contributed by atoms with Crippen LogP contribution in [0, 0.1) is 0 Å². The molecule has 0 spiro atoms. The highest BCUT2D eigenvalue weighted by Crippen LogP contribution is 2.32. The SMILES string of the molecule is [N-]=[N+]=Nc1cnccc1-c1cccs1. The zero-order valence-corrected chi connectivity index (χ0v) is 7.98. The lowest BCUT2D eigenvalue weighted by atomic mass is 10.2. The van der Waals surface area contributed by atoms with Gasteiger partial charge in [-0.15, -0.1) is 11.3 Å². The molecule has 0 aliphatic rings. The van der Waals surface area contributed by atoms with E-state index < -0.39 is 0 Å². The topological polar surface area (TPSA) is 61.7 Å². The summed E-state index contributed by atoms with van der Waals surface area (Å²) in [6.45, 7) is 0. The minimum Gasteiger partial charge on any atom is -0.264 e. The van der Waals surface area contributed by atoms with E-state index in [9.17, 15) is 0 Å². The number of rotatable bonds is 2. The Kier molecular flexibility index (Phi) is 2.44. The van der Waals surface area contributed by atoms with Crippen molar-refractivity contribution in [2.24, 2.45) is 5.11 Å². The maximum absolute atomic E-state index is 8.38. The van der Waals surface area contributed by atoms with Crippen molar-refractivity contribution in [3.8, 4) is 10.4 Å². The third-order valence-corrected chi connectivity index (χ3v) is 2.64. The van der Waals surface area contributed by atoms with Gasteiger partial charge in [0.2, 0.25) is 0 Å². The summed E-state index contributed by atoms with van der Waals surface area (Å²) in [5.41, 5.74) is 9.87. The highest BCUT2D eigenvalue weighted by atomic mass is 32.1. The van der Waals surface area contributed by atoms with Crippen molar-refractivity contribution in [1.29, 1.82) is 0 Å². The highest BCUT2D eigenvalue weighted by Gasteiger charge is 2.03. The van der Waals surface area contributed by atoms with Gasteiger partial charge in [0.05, 0.1) is 5.69 Å². The van der Waals surface area contributed by atoms with E-state index in [0.29, 0.717) is 5.69 Å². The zero-order chi connectivity index (χ0) is 9.80. The molecule has 0 N–H and O–H groups in total. The van der Waals surface area contributed by atoms with Gasteiger partial charge in [0.1, 0.15) is 0 Å². The highest BCUT2D eigenvalue weighted by molar-refractivity contribution is 7.13. The fraction of sp³-hybridized carbons (Fsp3) is 0. The van der Waals surface area contributed by atoms with Crippen LogP contribution in [0.5, 0.6) is 0 Å². The van der Waals surface area contributed by atoms with Gasteiger partial charge < -0.3 is 0 Å². The third kappa shape index (κ3) is 1.59. The molecular weight excluding hydrogens is 196 g/mol. The third-order valence-electron chi connectivity index (χ3n) is 1.74. The number of pyridine rings is 1. The summed E-state index contributed by atoms with van der Waals surface area (Å²) in [6, 6.07) is 5.78. The fourth-order valence-corrected chi connectivity index (χ4v) is 1.91. The van der Waals surface area contributed by atoms with Crippen LogP contribution >= 0.6 is 11.3 Å². The molecule has 0 aromatic carbocycles. The van der Waals surface area contributed by atoms with E-state index in [1.165, 1.54) is 0 Å². The molecule has 0 radical (unpaired) electrons. The molecule has 0 fully saturated rings. The van der Waals surface area contributed by atoms with Crippen LogP contribution < -0.4 is 0 Å². The Morgan fingerprint density at radius 3 is 3.07 bits per heavy atom. The molecule has 0 saturated heterocycles. The van der Waals surface area contributed by atoms with Crippen molar-refractivity contribution in [3.63, 3.8) is 0 Å². The van der Waals surface area contributed by atoms with Crippen molar-refractivity contribution in [2.45, 2.75) is 0 Å². The molecule has 0 atom stereocenters. The minimum atomic E-state index is 0.567. The molecule has 5 heteroatoms. The lowest BCUT2D eigenvalue weighted by molar-refractivity contribution is 1.30. The van der Waals surface area contributed by atoms with Crippen LogP contribution in [0.15, 0.2) is 41.1 Å². The predicted molar refractivity (Wildman–Crippen MR) is 56.4 cm³/mol. The van der Waals surface area contributed by atoms with E-state index >= 15 is 0 Å². The quantitative estimate of drug-likeness (QED) is 0.415. The molecule has 2 aromatic heterocycles. The monoisotopic (exact) mass is 202 g/mol. The van der Waals surface area contributed by atoms with Crippen molar-refractivity contribution in [2.75, 3.05) is 0 Å². The van der Waals surface area contributed by atoms with Crippen molar-refractivity contribution >= 4 is 17.0 Å². The molecule has 0 aliphatic carbocycles. The molecule has 2 heterocycles. The average Bonchev–Trinajstić information content (AvgIpc) is 2.72. The van der Waals surface area contributed by atoms with E-state index in [4.69, 9.17) is 5.53 Å². The molecule has 2 rings (SSSR count). The normalized spacial score (nSPS) is 9.43. The molecule has 0 unspecified atom stereocenters. The van der Waals surface area contributed by atoms with E-state index in [0.717, 1.165) is 10.4 Å². The Labute approximate surface area is 84.5 Å². The summed E-state index contributed by atoms with van der Waals surface area (Å²) >= 11 is 1.60. The number of nitrogens with zero attached hydrogens (tertiary/aromatic N) is 4. The smallest absolute Gasteiger partial charge is 0.0645 e. The molecular formula is C9H6N4S. The number of thiophene rings is 1. The maximum atomic E-state index is 8.38. The number of hydrogen-bond acceptors (Lipinski definition) is 3. The molecule has 14 heavy (non-hydrogen) atoms. The fourth-order valence-electron chi connectivity index (χ4n) is 1.15. The summed E-state index contributed by atoms with van der Waals surface area (Å²) < 4.78 is 0. The Morgan fingerprint density at radius 1 is 1.43 bits per heavy atom. The molecule has 2 aromatic rings. The first-order valence-corrected chi connectivity index (χ1v) is 4.83. The summed E-state index contributed by atoms with van der Waals surface area (Å²) in [5.74, 6) is 0. The van der Waals surface area contributed by atoms with E-state index in [1.807, 2.05) is 23.6 Å². The summed E-state index contributed by atoms with van der Waals surface area (Å²) in [6.07, 6.45) is 3.25. The van der Waals surface area contributed by atoms with Crippen LogP contribution in [0.4, 0.5) is 5.69 Å². The van der Waals surface area contributed by atoms with Gasteiger partial charge in [-0.05, 0) is 23.0 Å². The summed E-state index contributed by atoms with van der Waals surface area (Å²) in [5, 5.41) is 5.57. The predicted octanol–water partition coefficient (Wildman–Crippen LogP) is 3.75. The first-order chi connectivity index (χ1) is 6.92. The lowest BCUT2D eigenvalue weighted by Gasteiger charge is -1.99. The Bertz CT molecular complexity index is 471. The zero-order valence-electron chi connectivity index (χ0n) is 7.16. The summed E-state index contributed by atoms with van der Waals surface area (Å²) in [7, 11) is 0. The van der Waals surface area contributed by atoms with Crippen LogP contribution in [0.3, 0.4) is 0 Å². The minimum absolute atomic E-state index is 0.567. The van der Waals surface area contributed by atoms with E-state index in [1.54, 1.807) is 23.7 Å². The van der Waals surface area contributed by atoms with Gasteiger partial charge in [0, 0.05) is 27.7 Å². The van der Waals surface area contributed by atoms with Gasteiger partial charge in [0.15, 0.2) is 0 Å². The summed E-state index contributed by atoms with van der Waals surface area (Å²) in [4.78, 5) is 7.76. The Morgan fingerprint density at radius 2 is 2.36 bits per heavy atom. The molecule has 4 nitrogen and oxygen atoms in total. The standard InChI is InChI=1S/C9H6N4S/c10-13-12-8-6-11-4-3-7(8)9-2-1-5-14-9/h1-6H. The first kappa shape index (κ1) is 8.74. The number of hydrogen-bond donors (Lipinski definition) is 0. The van der Waals surface area contributed by atoms with Crippen molar-refractivity contribution in [3.05, 3.63) is 46.4 Å². The molecule has 0 amide bonds. The van der Waals surface area contributed by atoms with Gasteiger partial charge in [-0.25, -0.2) is 0 Å². The van der Waals surface area contributed by atoms with Crippen molar-refractivity contribution < 1.29 is 0 Å². The lowest BCUT2D eigenvalue weighted by Crippen LogP contribution is -1.75. The van der Waals surface area contributed by atoms with Gasteiger partial charge >= 0.3 is 0 Å². The van der Waals surface area contributed by atoms with Gasteiger partial charge in [-0.3, -0.25) is 4.98 Å². The van der Waals surface area contributed by atoms with Crippen LogP contribution in [0.2, 0.25) is 0 Å². The van der Waals surface area contributed by atoms with Gasteiger partial charge in [0.25, 0.3) is 0 Å². The second-order valence-electron chi connectivity index (χ2n) is 2.56. The second kappa shape index (κ2) is 3.91. The number of aromatic nitrogens is 1. The van der Waals surface area contributed by atoms with Crippen LogP contribution in [0.1, 0.15) is 0 Å². The Hall–Kier alpha value is -1.84. The molecule has 0 aliphatic heterocycles. The molecule has 0 bridgehead atoms. The van der Waals surface area contributed by atoms with Crippen LogP contribution in [0.25, 0.3) is 20.9 Å². The van der Waals surface area contributed by atoms with Crippen LogP contribution in [-0.2, 0) is 0 Å². The van der Waals surface area contributed by atoms with E-state index in [-0.39, 0.29) is 0 Å². The van der Waals surface area contributed by atoms with Crippen molar-refractivity contribution in [1.82, 2.24) is 4.98 Å². The molecule has 0 saturated carbocycles. The second-order valence-corrected chi connectivity index (χ2v) is 3.51. The first-order valence-electron chi connectivity index (χ1n) is 3.95. The van der Waals surface area contributed by atoms with Crippen LogP contribution in [-0.4, -0.2) is 4.98 Å². The Balaban J connectivity index is 2.57. The van der Waals surface area contributed by atoms with E-state index in [2.05, 4.69) is 15.0 Å². The average molecular weight is 202 g/mol. The maximum Gasteiger partial charge on any atom is 0.0645 e.